The number of hydrogen-bond acceptors (Lipinski definition) is 3. The summed E-state index contributed by atoms with van der Waals surface area (Å²) < 4.78 is 6.00. The topological polar surface area (TPSA) is 55.4 Å². The maximum Gasteiger partial charge on any atom is 0.407 e. The average molecular weight is 330 g/mol. The molecule has 1 aliphatic carbocycles. The number of amides is 1. The van der Waals surface area contributed by atoms with Gasteiger partial charge in [-0.15, -0.1) is 0 Å². The number of carbonyl (C=O) groups excluding carboxylic acids is 2. The van der Waals surface area contributed by atoms with Gasteiger partial charge in [0.25, 0.3) is 0 Å². The summed E-state index contributed by atoms with van der Waals surface area (Å²) in [4.78, 5) is 23.2. The summed E-state index contributed by atoms with van der Waals surface area (Å²) >= 11 is 3.43. The lowest BCUT2D eigenvalue weighted by atomic mass is 10.1. The maximum atomic E-state index is 11.6. The highest BCUT2D eigenvalue weighted by Gasteiger charge is 2.18. The molecule has 1 atom stereocenters. The van der Waals surface area contributed by atoms with E-state index in [2.05, 4.69) is 21.2 Å². The molecule has 1 unspecified atom stereocenters. The van der Waals surface area contributed by atoms with E-state index in [0.29, 0.717) is 6.42 Å². The van der Waals surface area contributed by atoms with Crippen LogP contribution in [0.1, 0.15) is 34.1 Å². The van der Waals surface area contributed by atoms with Crippen LogP contribution < -0.4 is 5.32 Å². The molecule has 0 aliphatic heterocycles. The number of alkyl carbamates (subject to hydrolysis) is 1. The van der Waals surface area contributed by atoms with Gasteiger partial charge in [0.2, 0.25) is 0 Å². The number of rotatable bonds is 2. The number of ketones is 1. The predicted octanol–water partition coefficient (Wildman–Crippen LogP) is 3.33. The molecule has 0 radical (unpaired) electrons. The number of nitrogens with one attached hydrogen (secondary N) is 1. The fourth-order valence-electron chi connectivity index (χ4n) is 1.67. The second-order valence-electron chi connectivity index (χ2n) is 5.69. The van der Waals surface area contributed by atoms with Gasteiger partial charge in [-0.25, -0.2) is 4.79 Å². The minimum atomic E-state index is -0.528. The molecule has 1 aliphatic rings. The molecule has 19 heavy (non-hydrogen) atoms. The zero-order chi connectivity index (χ0) is 14.6. The Kier molecular flexibility index (Phi) is 5.35. The molecule has 0 aromatic carbocycles. The van der Waals surface area contributed by atoms with Gasteiger partial charge in [-0.2, -0.15) is 0 Å². The number of hydrogen-bond donors (Lipinski definition) is 1. The average Bonchev–Trinajstić information content (AvgIpc) is 2.31. The first-order chi connectivity index (χ1) is 8.67. The Morgan fingerprint density at radius 1 is 1.53 bits per heavy atom. The second-order valence-corrected chi connectivity index (χ2v) is 6.54. The molecule has 1 amide bonds. The van der Waals surface area contributed by atoms with Crippen molar-refractivity contribution >= 4 is 27.8 Å². The molecule has 0 aromatic heterocycles. The van der Waals surface area contributed by atoms with E-state index in [4.69, 9.17) is 4.74 Å². The van der Waals surface area contributed by atoms with Crippen LogP contribution in [0.2, 0.25) is 0 Å². The van der Waals surface area contributed by atoms with Gasteiger partial charge in [-0.1, -0.05) is 28.9 Å². The van der Waals surface area contributed by atoms with Gasteiger partial charge in [0.05, 0.1) is 0 Å². The monoisotopic (exact) mass is 329 g/mol. The Morgan fingerprint density at radius 3 is 2.74 bits per heavy atom. The molecule has 0 saturated heterocycles. The molecule has 0 heterocycles. The van der Waals surface area contributed by atoms with Gasteiger partial charge in [0.1, 0.15) is 5.60 Å². The summed E-state index contributed by atoms with van der Waals surface area (Å²) in [6.45, 7) is 7.66. The van der Waals surface area contributed by atoms with E-state index >= 15 is 0 Å². The summed E-state index contributed by atoms with van der Waals surface area (Å²) in [7, 11) is 0. The Balaban J connectivity index is 2.63. The normalized spacial score (nSPS) is 20.3. The van der Waals surface area contributed by atoms with Crippen LogP contribution >= 0.6 is 15.9 Å². The number of halogens is 1. The molecule has 1 rings (SSSR count). The molecule has 0 fully saturated rings. The Morgan fingerprint density at radius 2 is 2.16 bits per heavy atom. The van der Waals surface area contributed by atoms with Gasteiger partial charge in [0, 0.05) is 17.4 Å². The maximum absolute atomic E-state index is 11.6. The van der Waals surface area contributed by atoms with Crippen molar-refractivity contribution in [2.45, 2.75) is 39.7 Å². The van der Waals surface area contributed by atoms with Crippen LogP contribution in [-0.4, -0.2) is 24.0 Å². The minimum absolute atomic E-state index is 0.0687. The molecule has 0 saturated carbocycles. The van der Waals surface area contributed by atoms with Gasteiger partial charge in [0.15, 0.2) is 5.78 Å². The van der Waals surface area contributed by atoms with Crippen LogP contribution in [0.25, 0.3) is 0 Å². The largest absolute Gasteiger partial charge is 0.444 e. The SMILES string of the molecule is CC1C=C(Br)C(CNC(=O)OC(C)(C)C)=CC(=O)C1. The Labute approximate surface area is 122 Å². The molecular formula is C14H20BrNO3. The van der Waals surface area contributed by atoms with Gasteiger partial charge >= 0.3 is 6.09 Å². The molecule has 106 valence electrons. The summed E-state index contributed by atoms with van der Waals surface area (Å²) in [5, 5.41) is 2.65. The minimum Gasteiger partial charge on any atom is -0.444 e. The lowest BCUT2D eigenvalue weighted by Crippen LogP contribution is -2.33. The Bertz CT molecular complexity index is 432. The van der Waals surface area contributed by atoms with Crippen LogP contribution in [0.3, 0.4) is 0 Å². The quantitative estimate of drug-likeness (QED) is 0.845. The van der Waals surface area contributed by atoms with Gasteiger partial charge in [-0.3, -0.25) is 4.79 Å². The number of ether oxygens (including phenoxy) is 1. The van der Waals surface area contributed by atoms with Crippen molar-refractivity contribution in [2.75, 3.05) is 6.54 Å². The van der Waals surface area contributed by atoms with Crippen molar-refractivity contribution in [1.82, 2.24) is 5.32 Å². The van der Waals surface area contributed by atoms with Crippen LogP contribution in [0.15, 0.2) is 22.2 Å². The molecule has 1 N–H and O–H groups in total. The second kappa shape index (κ2) is 6.37. The van der Waals surface area contributed by atoms with E-state index in [0.717, 1.165) is 10.1 Å². The first-order valence-electron chi connectivity index (χ1n) is 6.25. The molecule has 0 aromatic rings. The third kappa shape index (κ3) is 6.05. The Hall–Kier alpha value is -1.10. The highest BCUT2D eigenvalue weighted by Crippen LogP contribution is 2.24. The van der Waals surface area contributed by atoms with Crippen LogP contribution in [-0.2, 0) is 9.53 Å². The van der Waals surface area contributed by atoms with E-state index in [9.17, 15) is 9.59 Å². The van der Waals surface area contributed by atoms with Crippen molar-refractivity contribution < 1.29 is 14.3 Å². The smallest absolute Gasteiger partial charge is 0.407 e. The van der Waals surface area contributed by atoms with E-state index in [1.54, 1.807) is 26.8 Å². The summed E-state index contributed by atoms with van der Waals surface area (Å²) in [5.41, 5.74) is 0.236. The lowest BCUT2D eigenvalue weighted by molar-refractivity contribution is -0.115. The third-order valence-electron chi connectivity index (χ3n) is 2.42. The van der Waals surface area contributed by atoms with Crippen LogP contribution in [0.4, 0.5) is 4.79 Å². The van der Waals surface area contributed by atoms with Crippen molar-refractivity contribution in [3.05, 3.63) is 22.2 Å². The van der Waals surface area contributed by atoms with E-state index < -0.39 is 11.7 Å². The fraction of sp³-hybridized carbons (Fsp3) is 0.571. The van der Waals surface area contributed by atoms with E-state index in [1.807, 2.05) is 13.0 Å². The summed E-state index contributed by atoms with van der Waals surface area (Å²) in [6, 6.07) is 0. The van der Waals surface area contributed by atoms with E-state index in [1.165, 1.54) is 0 Å². The summed E-state index contributed by atoms with van der Waals surface area (Å²) in [5.74, 6) is 0.261. The summed E-state index contributed by atoms with van der Waals surface area (Å²) in [6.07, 6.45) is 3.55. The van der Waals surface area contributed by atoms with Gasteiger partial charge < -0.3 is 10.1 Å². The molecule has 0 bridgehead atoms. The number of allylic oxidation sites excluding steroid dienone is 2. The third-order valence-corrected chi connectivity index (χ3v) is 3.19. The number of carbonyl (C=O) groups is 2. The predicted molar refractivity (Wildman–Crippen MR) is 78.1 cm³/mol. The lowest BCUT2D eigenvalue weighted by Gasteiger charge is -2.20. The fourth-order valence-corrected chi connectivity index (χ4v) is 2.38. The highest BCUT2D eigenvalue weighted by molar-refractivity contribution is 9.12. The first-order valence-corrected chi connectivity index (χ1v) is 7.04. The van der Waals surface area contributed by atoms with Gasteiger partial charge in [-0.05, 0) is 38.3 Å². The van der Waals surface area contributed by atoms with E-state index in [-0.39, 0.29) is 18.2 Å². The standard InChI is InChI=1S/C14H20BrNO3/c1-9-5-11(17)7-10(12(15)6-9)8-16-13(18)19-14(2,3)4/h6-7,9H,5,8H2,1-4H3,(H,16,18). The van der Waals surface area contributed by atoms with Crippen molar-refractivity contribution in [3.63, 3.8) is 0 Å². The van der Waals surface area contributed by atoms with Crippen molar-refractivity contribution in [1.29, 1.82) is 0 Å². The molecule has 5 heteroatoms. The van der Waals surface area contributed by atoms with Crippen molar-refractivity contribution in [2.24, 2.45) is 5.92 Å². The molecule has 4 nitrogen and oxygen atoms in total. The first kappa shape index (κ1) is 16.0. The van der Waals surface area contributed by atoms with Crippen LogP contribution in [0.5, 0.6) is 0 Å². The molecular weight excluding hydrogens is 310 g/mol. The van der Waals surface area contributed by atoms with Crippen molar-refractivity contribution in [3.8, 4) is 0 Å². The van der Waals surface area contributed by atoms with Crippen LogP contribution in [0, 0.1) is 5.92 Å². The zero-order valence-electron chi connectivity index (χ0n) is 11.7. The highest BCUT2D eigenvalue weighted by atomic mass is 79.9. The zero-order valence-corrected chi connectivity index (χ0v) is 13.3. The molecule has 0 spiro atoms.